The lowest BCUT2D eigenvalue weighted by atomic mass is 10.4. The van der Waals surface area contributed by atoms with E-state index in [1.807, 2.05) is 20.8 Å². The van der Waals surface area contributed by atoms with Crippen LogP contribution >= 0.6 is 11.8 Å². The van der Waals surface area contributed by atoms with Crippen LogP contribution in [-0.4, -0.2) is 39.6 Å². The van der Waals surface area contributed by atoms with Crippen molar-refractivity contribution in [2.24, 2.45) is 0 Å². The second-order valence-corrected chi connectivity index (χ2v) is 4.88. The second kappa shape index (κ2) is 6.83. The Kier molecular flexibility index (Phi) is 5.73. The molecule has 0 aliphatic rings. The summed E-state index contributed by atoms with van der Waals surface area (Å²) in [5, 5.41) is 10.3. The maximum atomic E-state index is 9.61. The van der Waals surface area contributed by atoms with Gasteiger partial charge in [-0.15, -0.1) is 0 Å². The van der Waals surface area contributed by atoms with Gasteiger partial charge in [-0.05, 0) is 26.3 Å². The summed E-state index contributed by atoms with van der Waals surface area (Å²) in [5.41, 5.74) is 1.04. The fourth-order valence-electron chi connectivity index (χ4n) is 0.978. The summed E-state index contributed by atoms with van der Waals surface area (Å²) in [6.07, 6.45) is 3.21. The lowest BCUT2D eigenvalue weighted by Crippen LogP contribution is -2.20. The molecule has 5 heteroatoms. The van der Waals surface area contributed by atoms with E-state index in [-0.39, 0.29) is 6.10 Å². The zero-order valence-corrected chi connectivity index (χ0v) is 10.7. The van der Waals surface area contributed by atoms with Crippen LogP contribution < -0.4 is 0 Å². The Balaban J connectivity index is 2.26. The number of rotatable bonds is 6. The summed E-state index contributed by atoms with van der Waals surface area (Å²) in [5.74, 6) is 0.551. The summed E-state index contributed by atoms with van der Waals surface area (Å²) in [4.78, 5) is 8.29. The number of nitrogens with zero attached hydrogens (tertiary/aromatic N) is 2. The quantitative estimate of drug-likeness (QED) is 0.607. The molecule has 1 unspecified atom stereocenters. The van der Waals surface area contributed by atoms with Crippen LogP contribution in [0.15, 0.2) is 17.6 Å². The van der Waals surface area contributed by atoms with E-state index in [0.717, 1.165) is 5.56 Å². The summed E-state index contributed by atoms with van der Waals surface area (Å²) in [6, 6.07) is 0. The van der Waals surface area contributed by atoms with E-state index >= 15 is 0 Å². The van der Waals surface area contributed by atoms with Crippen LogP contribution in [0.4, 0.5) is 0 Å². The molecule has 1 heterocycles. The Morgan fingerprint density at radius 3 is 2.56 bits per heavy atom. The second-order valence-electron chi connectivity index (χ2n) is 3.89. The van der Waals surface area contributed by atoms with Crippen molar-refractivity contribution in [1.82, 2.24) is 9.97 Å². The highest BCUT2D eigenvalue weighted by molar-refractivity contribution is 7.99. The zero-order chi connectivity index (χ0) is 12.0. The molecule has 1 rings (SSSR count). The Morgan fingerprint density at radius 2 is 2.00 bits per heavy atom. The minimum atomic E-state index is -0.475. The van der Waals surface area contributed by atoms with Crippen LogP contribution in [0.2, 0.25) is 0 Å². The SMILES string of the molecule is Cc1cnc(SCC(O)COC(C)C)nc1. The van der Waals surface area contributed by atoms with Gasteiger partial charge in [0, 0.05) is 18.1 Å². The van der Waals surface area contributed by atoms with Crippen molar-refractivity contribution < 1.29 is 9.84 Å². The average molecular weight is 242 g/mol. The molecule has 90 valence electrons. The number of aryl methyl sites for hydroxylation is 1. The molecule has 0 spiro atoms. The van der Waals surface area contributed by atoms with Gasteiger partial charge in [0.25, 0.3) is 0 Å². The monoisotopic (exact) mass is 242 g/mol. The number of ether oxygens (including phenoxy) is 1. The van der Waals surface area contributed by atoms with Gasteiger partial charge >= 0.3 is 0 Å². The van der Waals surface area contributed by atoms with Gasteiger partial charge in [0.2, 0.25) is 0 Å². The molecule has 4 nitrogen and oxygen atoms in total. The van der Waals surface area contributed by atoms with Gasteiger partial charge in [-0.25, -0.2) is 9.97 Å². The summed E-state index contributed by atoms with van der Waals surface area (Å²) >= 11 is 1.44. The number of aliphatic hydroxyl groups excluding tert-OH is 1. The molecule has 1 aromatic rings. The molecule has 1 atom stereocenters. The maximum Gasteiger partial charge on any atom is 0.187 e. The third-order valence-electron chi connectivity index (χ3n) is 1.78. The molecule has 1 N–H and O–H groups in total. The highest BCUT2D eigenvalue weighted by Gasteiger charge is 2.07. The first-order chi connectivity index (χ1) is 7.58. The van der Waals surface area contributed by atoms with Gasteiger partial charge in [-0.2, -0.15) is 0 Å². The predicted octanol–water partition coefficient (Wildman–Crippen LogP) is 1.66. The molecular weight excluding hydrogens is 224 g/mol. The van der Waals surface area contributed by atoms with E-state index < -0.39 is 6.10 Å². The molecule has 0 saturated heterocycles. The Bertz CT molecular complexity index is 303. The number of aliphatic hydroxyl groups is 1. The normalized spacial score (nSPS) is 13.1. The molecule has 0 saturated carbocycles. The van der Waals surface area contributed by atoms with E-state index in [4.69, 9.17) is 4.74 Å². The number of thioether (sulfide) groups is 1. The Morgan fingerprint density at radius 1 is 1.38 bits per heavy atom. The number of hydrogen-bond acceptors (Lipinski definition) is 5. The van der Waals surface area contributed by atoms with Crippen LogP contribution in [0.5, 0.6) is 0 Å². The first kappa shape index (κ1) is 13.4. The third kappa shape index (κ3) is 5.44. The molecule has 16 heavy (non-hydrogen) atoms. The van der Waals surface area contributed by atoms with Gasteiger partial charge in [-0.1, -0.05) is 11.8 Å². The first-order valence-corrected chi connectivity index (χ1v) is 6.27. The van der Waals surface area contributed by atoms with Crippen molar-refractivity contribution in [3.05, 3.63) is 18.0 Å². The van der Waals surface area contributed by atoms with Gasteiger partial charge in [-0.3, -0.25) is 0 Å². The number of aromatic nitrogens is 2. The fourth-order valence-corrected chi connectivity index (χ4v) is 1.67. The van der Waals surface area contributed by atoms with E-state index in [0.29, 0.717) is 17.5 Å². The van der Waals surface area contributed by atoms with Gasteiger partial charge in [0.15, 0.2) is 5.16 Å². The highest BCUT2D eigenvalue weighted by atomic mass is 32.2. The molecule has 0 aliphatic heterocycles. The van der Waals surface area contributed by atoms with Crippen molar-refractivity contribution >= 4 is 11.8 Å². The van der Waals surface area contributed by atoms with E-state index in [1.165, 1.54) is 11.8 Å². The molecule has 0 radical (unpaired) electrons. The maximum absolute atomic E-state index is 9.61. The third-order valence-corrected chi connectivity index (χ3v) is 2.80. The summed E-state index contributed by atoms with van der Waals surface area (Å²) < 4.78 is 5.31. The molecule has 0 amide bonds. The smallest absolute Gasteiger partial charge is 0.187 e. The first-order valence-electron chi connectivity index (χ1n) is 5.29. The minimum Gasteiger partial charge on any atom is -0.390 e. The summed E-state index contributed by atoms with van der Waals surface area (Å²) in [7, 11) is 0. The molecule has 1 aromatic heterocycles. The van der Waals surface area contributed by atoms with Crippen LogP contribution in [0, 0.1) is 6.92 Å². The van der Waals surface area contributed by atoms with Crippen molar-refractivity contribution in [1.29, 1.82) is 0 Å². The van der Waals surface area contributed by atoms with Crippen LogP contribution in [0.3, 0.4) is 0 Å². The average Bonchev–Trinajstić information content (AvgIpc) is 2.25. The highest BCUT2D eigenvalue weighted by Crippen LogP contribution is 2.13. The molecule has 0 aliphatic carbocycles. The Labute approximate surface area is 100 Å². The van der Waals surface area contributed by atoms with E-state index in [9.17, 15) is 5.11 Å². The standard InChI is InChI=1S/C11H18N2O2S/c1-8(2)15-6-10(14)7-16-11-12-4-9(3)5-13-11/h4-5,8,10,14H,6-7H2,1-3H3. The van der Waals surface area contributed by atoms with Crippen molar-refractivity contribution in [2.45, 2.75) is 38.1 Å². The Hall–Kier alpha value is -0.650. The lowest BCUT2D eigenvalue weighted by molar-refractivity contribution is 0.0152. The van der Waals surface area contributed by atoms with E-state index in [1.54, 1.807) is 12.4 Å². The largest absolute Gasteiger partial charge is 0.390 e. The molecule has 0 fully saturated rings. The fraction of sp³-hybridized carbons (Fsp3) is 0.636. The van der Waals surface area contributed by atoms with Crippen molar-refractivity contribution in [3.63, 3.8) is 0 Å². The molecule has 0 aromatic carbocycles. The van der Waals surface area contributed by atoms with E-state index in [2.05, 4.69) is 9.97 Å². The summed E-state index contributed by atoms with van der Waals surface area (Å²) in [6.45, 7) is 6.20. The minimum absolute atomic E-state index is 0.148. The van der Waals surface area contributed by atoms with Crippen molar-refractivity contribution in [2.75, 3.05) is 12.4 Å². The van der Waals surface area contributed by atoms with Crippen LogP contribution in [0.25, 0.3) is 0 Å². The lowest BCUT2D eigenvalue weighted by Gasteiger charge is -2.12. The topological polar surface area (TPSA) is 55.2 Å². The van der Waals surface area contributed by atoms with Gasteiger partial charge in [0.05, 0.1) is 18.8 Å². The van der Waals surface area contributed by atoms with Gasteiger partial charge < -0.3 is 9.84 Å². The number of hydrogen-bond donors (Lipinski definition) is 1. The van der Waals surface area contributed by atoms with Crippen LogP contribution in [0.1, 0.15) is 19.4 Å². The van der Waals surface area contributed by atoms with Gasteiger partial charge in [0.1, 0.15) is 0 Å². The zero-order valence-electron chi connectivity index (χ0n) is 9.88. The molecular formula is C11H18N2O2S. The predicted molar refractivity (Wildman–Crippen MR) is 64.6 cm³/mol. The van der Waals surface area contributed by atoms with Crippen molar-refractivity contribution in [3.8, 4) is 0 Å². The van der Waals surface area contributed by atoms with Crippen LogP contribution in [-0.2, 0) is 4.74 Å². The molecule has 0 bridgehead atoms.